The van der Waals surface area contributed by atoms with Gasteiger partial charge in [-0.3, -0.25) is 0 Å². The largest absolute Gasteiger partial charge is 0.508 e. The standard InChI is InChI=1S/C10H10N2O/c1-2-7-3-9(13)4-8-5-11-6-12-10(7)8/h3-6,13H,2H2,1H3. The van der Waals surface area contributed by atoms with E-state index < -0.39 is 0 Å². The molecule has 2 aromatic rings. The molecule has 0 aliphatic carbocycles. The van der Waals surface area contributed by atoms with E-state index in [-0.39, 0.29) is 5.75 Å². The number of aryl methyl sites for hydroxylation is 1. The molecule has 3 heteroatoms. The van der Waals surface area contributed by atoms with Crippen molar-refractivity contribution < 1.29 is 5.11 Å². The van der Waals surface area contributed by atoms with E-state index in [9.17, 15) is 5.11 Å². The predicted octanol–water partition coefficient (Wildman–Crippen LogP) is 1.90. The van der Waals surface area contributed by atoms with Gasteiger partial charge in [0.15, 0.2) is 0 Å². The minimum Gasteiger partial charge on any atom is -0.508 e. The summed E-state index contributed by atoms with van der Waals surface area (Å²) in [6.45, 7) is 2.04. The maximum Gasteiger partial charge on any atom is 0.116 e. The monoisotopic (exact) mass is 174 g/mol. The Labute approximate surface area is 76.1 Å². The molecule has 0 saturated heterocycles. The summed E-state index contributed by atoms with van der Waals surface area (Å²) in [6, 6.07) is 3.42. The van der Waals surface area contributed by atoms with E-state index in [1.165, 1.54) is 6.33 Å². The zero-order valence-corrected chi connectivity index (χ0v) is 7.36. The van der Waals surface area contributed by atoms with Crippen molar-refractivity contribution in [1.82, 2.24) is 9.97 Å². The predicted molar refractivity (Wildman–Crippen MR) is 50.6 cm³/mol. The fraction of sp³-hybridized carbons (Fsp3) is 0.200. The number of phenolic OH excluding ortho intramolecular Hbond substituents is 1. The molecule has 0 fully saturated rings. The average Bonchev–Trinajstić information content (AvgIpc) is 2.16. The van der Waals surface area contributed by atoms with Crippen molar-refractivity contribution in [2.24, 2.45) is 0 Å². The molecular weight excluding hydrogens is 164 g/mol. The number of phenols is 1. The SMILES string of the molecule is CCc1cc(O)cc2cncnc12. The van der Waals surface area contributed by atoms with Crippen LogP contribution < -0.4 is 0 Å². The van der Waals surface area contributed by atoms with Crippen LogP contribution in [0.2, 0.25) is 0 Å². The van der Waals surface area contributed by atoms with Gasteiger partial charge in [-0.2, -0.15) is 0 Å². The van der Waals surface area contributed by atoms with Crippen molar-refractivity contribution in [3.05, 3.63) is 30.2 Å². The number of nitrogens with zero attached hydrogens (tertiary/aromatic N) is 2. The average molecular weight is 174 g/mol. The van der Waals surface area contributed by atoms with Gasteiger partial charge in [-0.25, -0.2) is 9.97 Å². The first-order chi connectivity index (χ1) is 6.31. The number of hydrogen-bond acceptors (Lipinski definition) is 3. The first kappa shape index (κ1) is 7.98. The zero-order chi connectivity index (χ0) is 9.26. The van der Waals surface area contributed by atoms with E-state index in [0.29, 0.717) is 0 Å². The van der Waals surface area contributed by atoms with E-state index in [2.05, 4.69) is 9.97 Å². The second-order valence-electron chi connectivity index (χ2n) is 2.92. The summed E-state index contributed by atoms with van der Waals surface area (Å²) in [4.78, 5) is 8.08. The summed E-state index contributed by atoms with van der Waals surface area (Å²) in [7, 11) is 0. The highest BCUT2D eigenvalue weighted by Gasteiger charge is 2.02. The molecule has 0 bridgehead atoms. The second-order valence-corrected chi connectivity index (χ2v) is 2.92. The van der Waals surface area contributed by atoms with Crippen molar-refractivity contribution in [3.63, 3.8) is 0 Å². The van der Waals surface area contributed by atoms with Crippen molar-refractivity contribution in [2.45, 2.75) is 13.3 Å². The molecule has 1 heterocycles. The fourth-order valence-corrected chi connectivity index (χ4v) is 1.43. The molecule has 3 nitrogen and oxygen atoms in total. The normalized spacial score (nSPS) is 10.5. The van der Waals surface area contributed by atoms with Crippen LogP contribution >= 0.6 is 0 Å². The first-order valence-electron chi connectivity index (χ1n) is 4.23. The van der Waals surface area contributed by atoms with Gasteiger partial charge >= 0.3 is 0 Å². The molecule has 0 atom stereocenters. The van der Waals surface area contributed by atoms with Crippen LogP contribution in [0.5, 0.6) is 5.75 Å². The van der Waals surface area contributed by atoms with Gasteiger partial charge in [-0.15, -0.1) is 0 Å². The third-order valence-electron chi connectivity index (χ3n) is 2.05. The summed E-state index contributed by atoms with van der Waals surface area (Å²) >= 11 is 0. The first-order valence-corrected chi connectivity index (χ1v) is 4.23. The molecule has 0 saturated carbocycles. The maximum atomic E-state index is 9.39. The topological polar surface area (TPSA) is 46.0 Å². The van der Waals surface area contributed by atoms with Crippen LogP contribution in [0.1, 0.15) is 12.5 Å². The number of benzene rings is 1. The molecule has 1 aromatic heterocycles. The van der Waals surface area contributed by atoms with Gasteiger partial charge in [0.2, 0.25) is 0 Å². The molecule has 0 aliphatic rings. The summed E-state index contributed by atoms with van der Waals surface area (Å²) in [5.41, 5.74) is 1.98. The highest BCUT2D eigenvalue weighted by atomic mass is 16.3. The summed E-state index contributed by atoms with van der Waals surface area (Å²) in [5.74, 6) is 0.277. The van der Waals surface area contributed by atoms with Gasteiger partial charge < -0.3 is 5.11 Å². The van der Waals surface area contributed by atoms with Gasteiger partial charge in [0, 0.05) is 11.6 Å². The molecule has 1 aromatic carbocycles. The molecule has 2 rings (SSSR count). The van der Waals surface area contributed by atoms with Crippen LogP contribution in [0.25, 0.3) is 10.9 Å². The van der Waals surface area contributed by atoms with Crippen LogP contribution in [-0.4, -0.2) is 15.1 Å². The second kappa shape index (κ2) is 3.01. The Morgan fingerprint density at radius 2 is 2.23 bits per heavy atom. The van der Waals surface area contributed by atoms with Gasteiger partial charge in [-0.1, -0.05) is 6.92 Å². The van der Waals surface area contributed by atoms with Gasteiger partial charge in [0.05, 0.1) is 5.52 Å². The highest BCUT2D eigenvalue weighted by molar-refractivity contribution is 5.82. The Morgan fingerprint density at radius 1 is 1.38 bits per heavy atom. The lowest BCUT2D eigenvalue weighted by atomic mass is 10.1. The van der Waals surface area contributed by atoms with E-state index in [1.807, 2.05) is 6.92 Å². The quantitative estimate of drug-likeness (QED) is 0.718. The van der Waals surface area contributed by atoms with Crippen LogP contribution in [0.4, 0.5) is 0 Å². The van der Waals surface area contributed by atoms with Crippen LogP contribution in [0.3, 0.4) is 0 Å². The van der Waals surface area contributed by atoms with Crippen molar-refractivity contribution >= 4 is 10.9 Å². The molecule has 0 unspecified atom stereocenters. The van der Waals surface area contributed by atoms with Crippen molar-refractivity contribution in [2.75, 3.05) is 0 Å². The van der Waals surface area contributed by atoms with Crippen LogP contribution in [0.15, 0.2) is 24.7 Å². The van der Waals surface area contributed by atoms with Crippen LogP contribution in [-0.2, 0) is 6.42 Å². The Morgan fingerprint density at radius 3 is 3.00 bits per heavy atom. The van der Waals surface area contributed by atoms with Gasteiger partial charge in [-0.05, 0) is 24.1 Å². The number of aromatic nitrogens is 2. The number of aromatic hydroxyl groups is 1. The lowest BCUT2D eigenvalue weighted by Gasteiger charge is -2.02. The van der Waals surface area contributed by atoms with Crippen LogP contribution in [0, 0.1) is 0 Å². The molecule has 0 spiro atoms. The highest BCUT2D eigenvalue weighted by Crippen LogP contribution is 2.22. The molecule has 66 valence electrons. The molecule has 0 aliphatic heterocycles. The molecule has 13 heavy (non-hydrogen) atoms. The third kappa shape index (κ3) is 1.33. The molecular formula is C10H10N2O. The minimum absolute atomic E-state index is 0.277. The summed E-state index contributed by atoms with van der Waals surface area (Å²) in [6.07, 6.45) is 4.10. The minimum atomic E-state index is 0.277. The lowest BCUT2D eigenvalue weighted by Crippen LogP contribution is -1.88. The molecule has 1 N–H and O–H groups in total. The number of hydrogen-bond donors (Lipinski definition) is 1. The molecule has 0 radical (unpaired) electrons. The van der Waals surface area contributed by atoms with E-state index >= 15 is 0 Å². The maximum absolute atomic E-state index is 9.39. The number of fused-ring (bicyclic) bond motifs is 1. The molecule has 0 amide bonds. The Hall–Kier alpha value is -1.64. The fourth-order valence-electron chi connectivity index (χ4n) is 1.43. The third-order valence-corrected chi connectivity index (χ3v) is 2.05. The van der Waals surface area contributed by atoms with E-state index in [4.69, 9.17) is 0 Å². The Balaban J connectivity index is 2.81. The van der Waals surface area contributed by atoms with Crippen molar-refractivity contribution in [3.8, 4) is 5.75 Å². The van der Waals surface area contributed by atoms with Gasteiger partial charge in [0.1, 0.15) is 12.1 Å². The summed E-state index contributed by atoms with van der Waals surface area (Å²) < 4.78 is 0. The van der Waals surface area contributed by atoms with E-state index in [0.717, 1.165) is 22.9 Å². The summed E-state index contributed by atoms with van der Waals surface area (Å²) in [5, 5.41) is 10.3. The Bertz CT molecular complexity index is 440. The zero-order valence-electron chi connectivity index (χ0n) is 7.36. The number of rotatable bonds is 1. The lowest BCUT2D eigenvalue weighted by molar-refractivity contribution is 0.475. The van der Waals surface area contributed by atoms with E-state index in [1.54, 1.807) is 18.3 Å². The van der Waals surface area contributed by atoms with Crippen molar-refractivity contribution in [1.29, 1.82) is 0 Å². The smallest absolute Gasteiger partial charge is 0.116 e. The Kier molecular flexibility index (Phi) is 1.85. The van der Waals surface area contributed by atoms with Gasteiger partial charge in [0.25, 0.3) is 0 Å².